The number of pyridine rings is 2. The predicted molar refractivity (Wildman–Crippen MR) is 179 cm³/mol. The second kappa shape index (κ2) is 10.5. The molecule has 1 N–H and O–H groups in total. The SMILES string of the molecule is Cc1cc(-c2cncc(-c3cc(-c4ccccc4)cc4oc(-c5cc(C(C)(C)C)ccc5O)nc34)c2)c2nccc(C)c2c1. The number of nitrogens with zero attached hydrogens (tertiary/aromatic N) is 3. The second-order valence-corrected chi connectivity index (χ2v) is 12.5. The topological polar surface area (TPSA) is 72.0 Å². The smallest absolute Gasteiger partial charge is 0.231 e. The van der Waals surface area contributed by atoms with Gasteiger partial charge in [0.05, 0.1) is 11.1 Å². The van der Waals surface area contributed by atoms with Crippen LogP contribution in [0.4, 0.5) is 0 Å². The van der Waals surface area contributed by atoms with Gasteiger partial charge < -0.3 is 9.52 Å². The molecule has 5 nitrogen and oxygen atoms in total. The molecule has 44 heavy (non-hydrogen) atoms. The third kappa shape index (κ3) is 4.90. The Labute approximate surface area is 256 Å². The first-order chi connectivity index (χ1) is 21.2. The fraction of sp³-hybridized carbons (Fsp3) is 0.154. The minimum absolute atomic E-state index is 0.0976. The first-order valence-corrected chi connectivity index (χ1v) is 14.8. The van der Waals surface area contributed by atoms with Crippen molar-refractivity contribution in [2.24, 2.45) is 0 Å². The molecule has 0 spiro atoms. The van der Waals surface area contributed by atoms with Crippen molar-refractivity contribution in [3.63, 3.8) is 0 Å². The summed E-state index contributed by atoms with van der Waals surface area (Å²) in [5, 5.41) is 12.0. The summed E-state index contributed by atoms with van der Waals surface area (Å²) < 4.78 is 6.43. The van der Waals surface area contributed by atoms with Crippen LogP contribution < -0.4 is 0 Å². The quantitative estimate of drug-likeness (QED) is 0.226. The van der Waals surface area contributed by atoms with Gasteiger partial charge in [0, 0.05) is 46.2 Å². The van der Waals surface area contributed by atoms with Gasteiger partial charge in [-0.2, -0.15) is 0 Å². The van der Waals surface area contributed by atoms with E-state index in [9.17, 15) is 5.11 Å². The van der Waals surface area contributed by atoms with Crippen LogP contribution in [0.2, 0.25) is 0 Å². The third-order valence-corrected chi connectivity index (χ3v) is 8.26. The maximum Gasteiger partial charge on any atom is 0.231 e. The molecular formula is C39H33N3O2. The fourth-order valence-electron chi connectivity index (χ4n) is 5.82. The molecule has 0 bridgehead atoms. The summed E-state index contributed by atoms with van der Waals surface area (Å²) in [5.74, 6) is 0.510. The van der Waals surface area contributed by atoms with Gasteiger partial charge in [0.25, 0.3) is 0 Å². The monoisotopic (exact) mass is 575 g/mol. The van der Waals surface area contributed by atoms with E-state index in [0.717, 1.165) is 49.8 Å². The number of phenolic OH excluding ortho intramolecular Hbond substituents is 1. The average molecular weight is 576 g/mol. The molecule has 4 aromatic carbocycles. The molecule has 0 saturated carbocycles. The highest BCUT2D eigenvalue weighted by Crippen LogP contribution is 2.40. The zero-order valence-corrected chi connectivity index (χ0v) is 25.5. The molecule has 0 radical (unpaired) electrons. The van der Waals surface area contributed by atoms with Crippen LogP contribution in [0, 0.1) is 13.8 Å². The van der Waals surface area contributed by atoms with Gasteiger partial charge in [-0.25, -0.2) is 4.98 Å². The molecule has 0 unspecified atom stereocenters. The second-order valence-electron chi connectivity index (χ2n) is 12.5. The number of phenols is 1. The Morgan fingerprint density at radius 2 is 1.43 bits per heavy atom. The average Bonchev–Trinajstić information content (AvgIpc) is 3.45. The minimum Gasteiger partial charge on any atom is -0.507 e. The van der Waals surface area contributed by atoms with Gasteiger partial charge in [0.1, 0.15) is 11.3 Å². The lowest BCUT2D eigenvalue weighted by Gasteiger charge is -2.19. The van der Waals surface area contributed by atoms with E-state index in [4.69, 9.17) is 19.4 Å². The first-order valence-electron chi connectivity index (χ1n) is 14.8. The summed E-state index contributed by atoms with van der Waals surface area (Å²) in [6.45, 7) is 10.7. The highest BCUT2D eigenvalue weighted by Gasteiger charge is 2.21. The van der Waals surface area contributed by atoms with E-state index in [1.165, 1.54) is 11.1 Å². The number of hydrogen-bond donors (Lipinski definition) is 1. The molecule has 0 fully saturated rings. The number of fused-ring (bicyclic) bond motifs is 2. The van der Waals surface area contributed by atoms with E-state index in [1.54, 1.807) is 6.07 Å². The van der Waals surface area contributed by atoms with Crippen LogP contribution in [0.15, 0.2) is 108 Å². The van der Waals surface area contributed by atoms with Crippen molar-refractivity contribution in [2.45, 2.75) is 40.0 Å². The Kier molecular flexibility index (Phi) is 6.54. The van der Waals surface area contributed by atoms with E-state index in [-0.39, 0.29) is 11.2 Å². The minimum atomic E-state index is -0.0976. The zero-order valence-electron chi connectivity index (χ0n) is 25.5. The Morgan fingerprint density at radius 3 is 2.18 bits per heavy atom. The maximum atomic E-state index is 10.9. The van der Waals surface area contributed by atoms with Crippen LogP contribution in [-0.4, -0.2) is 20.1 Å². The molecule has 3 heterocycles. The zero-order chi connectivity index (χ0) is 30.6. The fourth-order valence-corrected chi connectivity index (χ4v) is 5.82. The molecule has 0 aliphatic carbocycles. The summed E-state index contributed by atoms with van der Waals surface area (Å²) in [7, 11) is 0. The molecule has 0 aliphatic heterocycles. The van der Waals surface area contributed by atoms with Gasteiger partial charge in [-0.05, 0) is 95.6 Å². The number of oxazole rings is 1. The number of benzene rings is 4. The summed E-state index contributed by atoms with van der Waals surface area (Å²) in [6.07, 6.45) is 5.63. The molecule has 7 aromatic rings. The van der Waals surface area contributed by atoms with Crippen LogP contribution in [0.25, 0.3) is 66.8 Å². The van der Waals surface area contributed by atoms with Crippen molar-refractivity contribution in [2.75, 3.05) is 0 Å². The van der Waals surface area contributed by atoms with Crippen LogP contribution in [0.1, 0.15) is 37.5 Å². The standard InChI is InChI=1S/C39H33N3O2/c1-23-15-30-24(2)13-14-41-36(30)31(16-23)27-17-28(22-40-21-27)32-18-26(25-9-7-6-8-10-25)19-35-37(32)42-38(44-35)33-20-29(39(3,4)5)11-12-34(33)43/h6-22,43H,1-5H3. The van der Waals surface area contributed by atoms with Crippen molar-refractivity contribution < 1.29 is 9.52 Å². The Hall–Kier alpha value is -5.29. The van der Waals surface area contributed by atoms with Gasteiger partial charge in [-0.3, -0.25) is 9.97 Å². The molecule has 0 atom stereocenters. The lowest BCUT2D eigenvalue weighted by atomic mass is 9.86. The van der Waals surface area contributed by atoms with Crippen molar-refractivity contribution in [1.82, 2.24) is 15.0 Å². The summed E-state index contributed by atoms with van der Waals surface area (Å²) >= 11 is 0. The van der Waals surface area contributed by atoms with Crippen molar-refractivity contribution >= 4 is 22.0 Å². The number of hydrogen-bond acceptors (Lipinski definition) is 5. The van der Waals surface area contributed by atoms with Gasteiger partial charge in [-0.1, -0.05) is 57.2 Å². The number of aromatic nitrogens is 3. The summed E-state index contributed by atoms with van der Waals surface area (Å²) in [5.41, 5.74) is 12.1. The number of aromatic hydroxyl groups is 1. The van der Waals surface area contributed by atoms with Gasteiger partial charge in [0.15, 0.2) is 5.58 Å². The lowest BCUT2D eigenvalue weighted by Crippen LogP contribution is -2.10. The maximum absolute atomic E-state index is 10.9. The summed E-state index contributed by atoms with van der Waals surface area (Å²) in [6, 6.07) is 28.6. The highest BCUT2D eigenvalue weighted by atomic mass is 16.3. The van der Waals surface area contributed by atoms with Gasteiger partial charge >= 0.3 is 0 Å². The van der Waals surface area contributed by atoms with Crippen molar-refractivity contribution in [3.8, 4) is 50.6 Å². The molecule has 0 amide bonds. The van der Waals surface area contributed by atoms with Crippen LogP contribution in [-0.2, 0) is 5.41 Å². The van der Waals surface area contributed by atoms with Crippen molar-refractivity contribution in [3.05, 3.63) is 120 Å². The Morgan fingerprint density at radius 1 is 0.682 bits per heavy atom. The Bertz CT molecular complexity index is 2190. The van der Waals surface area contributed by atoms with Crippen molar-refractivity contribution in [1.29, 1.82) is 0 Å². The third-order valence-electron chi connectivity index (χ3n) is 8.26. The normalized spacial score (nSPS) is 11.8. The van der Waals surface area contributed by atoms with Gasteiger partial charge in [0.2, 0.25) is 5.89 Å². The number of rotatable bonds is 4. The van der Waals surface area contributed by atoms with Crippen LogP contribution in [0.5, 0.6) is 5.75 Å². The van der Waals surface area contributed by atoms with E-state index in [1.807, 2.05) is 61.1 Å². The van der Waals surface area contributed by atoms with E-state index in [0.29, 0.717) is 22.6 Å². The van der Waals surface area contributed by atoms with E-state index >= 15 is 0 Å². The highest BCUT2D eigenvalue weighted by molar-refractivity contribution is 5.99. The molecule has 5 heteroatoms. The molecule has 216 valence electrons. The lowest BCUT2D eigenvalue weighted by molar-refractivity contribution is 0.473. The van der Waals surface area contributed by atoms with E-state index < -0.39 is 0 Å². The molecule has 7 rings (SSSR count). The van der Waals surface area contributed by atoms with Crippen LogP contribution in [0.3, 0.4) is 0 Å². The van der Waals surface area contributed by atoms with Crippen LogP contribution >= 0.6 is 0 Å². The molecule has 0 saturated heterocycles. The predicted octanol–water partition coefficient (Wildman–Crippen LogP) is 10.1. The molecule has 3 aromatic heterocycles. The summed E-state index contributed by atoms with van der Waals surface area (Å²) in [4.78, 5) is 14.4. The first kappa shape index (κ1) is 27.5. The molecule has 0 aliphatic rings. The van der Waals surface area contributed by atoms with E-state index in [2.05, 4.69) is 71.0 Å². The number of aryl methyl sites for hydroxylation is 2. The Balaban J connectivity index is 1.45. The molecular weight excluding hydrogens is 542 g/mol. The van der Waals surface area contributed by atoms with Gasteiger partial charge in [-0.15, -0.1) is 0 Å². The largest absolute Gasteiger partial charge is 0.507 e.